The minimum atomic E-state index is 0.703. The average molecular weight is 267 g/mol. The molecule has 102 valence electrons. The maximum atomic E-state index is 5.52. The van der Waals surface area contributed by atoms with E-state index in [4.69, 9.17) is 4.42 Å². The van der Waals surface area contributed by atoms with E-state index in [1.807, 2.05) is 36.7 Å². The summed E-state index contributed by atoms with van der Waals surface area (Å²) in [6, 6.07) is 7.92. The van der Waals surface area contributed by atoms with Gasteiger partial charge in [-0.1, -0.05) is 25.1 Å². The largest absolute Gasteiger partial charge is 0.464 e. The second-order valence-electron chi connectivity index (χ2n) is 4.74. The van der Waals surface area contributed by atoms with Gasteiger partial charge in [0.05, 0.1) is 5.56 Å². The van der Waals surface area contributed by atoms with Crippen molar-refractivity contribution in [3.05, 3.63) is 48.5 Å². The van der Waals surface area contributed by atoms with Crippen molar-refractivity contribution in [1.82, 2.24) is 15.3 Å². The molecule has 0 aliphatic rings. The lowest BCUT2D eigenvalue weighted by Gasteiger charge is -2.03. The quantitative estimate of drug-likeness (QED) is 0.720. The number of benzene rings is 1. The Labute approximate surface area is 117 Å². The predicted molar refractivity (Wildman–Crippen MR) is 79.2 cm³/mol. The molecule has 0 saturated carbocycles. The van der Waals surface area contributed by atoms with Gasteiger partial charge in [0.2, 0.25) is 0 Å². The zero-order valence-electron chi connectivity index (χ0n) is 11.5. The van der Waals surface area contributed by atoms with Gasteiger partial charge in [0.1, 0.15) is 11.8 Å². The SMILES string of the molecule is CCCNCc1cnc(-c2coc3ccccc23)nc1. The Bertz CT molecular complexity index is 688. The molecule has 1 aromatic carbocycles. The molecule has 0 bridgehead atoms. The van der Waals surface area contributed by atoms with Crippen LogP contribution in [0.4, 0.5) is 0 Å². The Hall–Kier alpha value is -2.20. The van der Waals surface area contributed by atoms with Gasteiger partial charge in [0.15, 0.2) is 5.82 Å². The van der Waals surface area contributed by atoms with Crippen LogP contribution in [0.15, 0.2) is 47.3 Å². The predicted octanol–water partition coefficient (Wildman–Crippen LogP) is 3.39. The van der Waals surface area contributed by atoms with E-state index in [0.29, 0.717) is 5.82 Å². The fraction of sp³-hybridized carbons (Fsp3) is 0.250. The van der Waals surface area contributed by atoms with Gasteiger partial charge in [-0.3, -0.25) is 0 Å². The molecule has 0 atom stereocenters. The van der Waals surface area contributed by atoms with Gasteiger partial charge in [-0.15, -0.1) is 0 Å². The third-order valence-electron chi connectivity index (χ3n) is 3.18. The third kappa shape index (κ3) is 2.56. The Morgan fingerprint density at radius 3 is 2.75 bits per heavy atom. The normalized spacial score (nSPS) is 11.1. The van der Waals surface area contributed by atoms with Gasteiger partial charge in [0.25, 0.3) is 0 Å². The van der Waals surface area contributed by atoms with Gasteiger partial charge >= 0.3 is 0 Å². The molecule has 4 heteroatoms. The average Bonchev–Trinajstić information content (AvgIpc) is 2.92. The molecule has 0 aliphatic carbocycles. The van der Waals surface area contributed by atoms with Crippen molar-refractivity contribution in [3.8, 4) is 11.4 Å². The molecule has 0 amide bonds. The van der Waals surface area contributed by atoms with Crippen molar-refractivity contribution in [3.63, 3.8) is 0 Å². The van der Waals surface area contributed by atoms with Gasteiger partial charge in [-0.25, -0.2) is 9.97 Å². The van der Waals surface area contributed by atoms with Gasteiger partial charge in [-0.2, -0.15) is 0 Å². The van der Waals surface area contributed by atoms with E-state index in [1.54, 1.807) is 6.26 Å². The van der Waals surface area contributed by atoms with Crippen molar-refractivity contribution >= 4 is 11.0 Å². The first-order valence-electron chi connectivity index (χ1n) is 6.86. The maximum Gasteiger partial charge on any atom is 0.163 e. The first kappa shape index (κ1) is 12.8. The molecular weight excluding hydrogens is 250 g/mol. The highest BCUT2D eigenvalue weighted by atomic mass is 16.3. The van der Waals surface area contributed by atoms with Crippen LogP contribution in [-0.2, 0) is 6.54 Å². The lowest BCUT2D eigenvalue weighted by Crippen LogP contribution is -2.14. The Balaban J connectivity index is 1.84. The lowest BCUT2D eigenvalue weighted by molar-refractivity contribution is 0.616. The smallest absolute Gasteiger partial charge is 0.163 e. The summed E-state index contributed by atoms with van der Waals surface area (Å²) in [5.74, 6) is 0.703. The molecule has 0 fully saturated rings. The Morgan fingerprint density at radius 1 is 1.15 bits per heavy atom. The summed E-state index contributed by atoms with van der Waals surface area (Å²) in [4.78, 5) is 8.88. The minimum Gasteiger partial charge on any atom is -0.464 e. The standard InChI is InChI=1S/C16H17N3O/c1-2-7-17-8-12-9-18-16(19-10-12)14-11-20-15-6-4-3-5-13(14)15/h3-6,9-11,17H,2,7-8H2,1H3. The first-order valence-corrected chi connectivity index (χ1v) is 6.86. The van der Waals surface area contributed by atoms with E-state index in [2.05, 4.69) is 22.2 Å². The molecule has 0 saturated heterocycles. The van der Waals surface area contributed by atoms with Crippen LogP contribution in [0.3, 0.4) is 0 Å². The molecule has 0 radical (unpaired) electrons. The molecule has 2 aromatic heterocycles. The fourth-order valence-corrected chi connectivity index (χ4v) is 2.15. The topological polar surface area (TPSA) is 51.0 Å². The highest BCUT2D eigenvalue weighted by Gasteiger charge is 2.09. The molecule has 4 nitrogen and oxygen atoms in total. The third-order valence-corrected chi connectivity index (χ3v) is 3.18. The first-order chi connectivity index (χ1) is 9.88. The minimum absolute atomic E-state index is 0.703. The number of para-hydroxylation sites is 1. The summed E-state index contributed by atoms with van der Waals surface area (Å²) < 4.78 is 5.52. The van der Waals surface area contributed by atoms with E-state index in [9.17, 15) is 0 Å². The number of nitrogens with zero attached hydrogens (tertiary/aromatic N) is 2. The second kappa shape index (κ2) is 5.84. The molecule has 3 rings (SSSR count). The van der Waals surface area contributed by atoms with Crippen molar-refractivity contribution in [1.29, 1.82) is 0 Å². The Kier molecular flexibility index (Phi) is 3.74. The fourth-order valence-electron chi connectivity index (χ4n) is 2.15. The van der Waals surface area contributed by atoms with Crippen LogP contribution < -0.4 is 5.32 Å². The van der Waals surface area contributed by atoms with Crippen LogP contribution in [0.2, 0.25) is 0 Å². The number of rotatable bonds is 5. The summed E-state index contributed by atoms with van der Waals surface area (Å²) in [7, 11) is 0. The molecule has 0 spiro atoms. The summed E-state index contributed by atoms with van der Waals surface area (Å²) in [5, 5.41) is 4.38. The van der Waals surface area contributed by atoms with Crippen molar-refractivity contribution < 1.29 is 4.42 Å². The highest BCUT2D eigenvalue weighted by Crippen LogP contribution is 2.27. The summed E-state index contributed by atoms with van der Waals surface area (Å²) in [6.07, 6.45) is 6.58. The number of hydrogen-bond donors (Lipinski definition) is 1. The van der Waals surface area contributed by atoms with Crippen LogP contribution in [-0.4, -0.2) is 16.5 Å². The molecule has 1 N–H and O–H groups in total. The van der Waals surface area contributed by atoms with E-state index >= 15 is 0 Å². The van der Waals surface area contributed by atoms with Crippen molar-refractivity contribution in [2.75, 3.05) is 6.54 Å². The van der Waals surface area contributed by atoms with Crippen LogP contribution in [0.25, 0.3) is 22.4 Å². The molecule has 0 unspecified atom stereocenters. The van der Waals surface area contributed by atoms with E-state index in [-0.39, 0.29) is 0 Å². The van der Waals surface area contributed by atoms with Gasteiger partial charge in [0, 0.05) is 29.9 Å². The van der Waals surface area contributed by atoms with Crippen molar-refractivity contribution in [2.45, 2.75) is 19.9 Å². The zero-order chi connectivity index (χ0) is 13.8. The molecule has 0 aliphatic heterocycles. The van der Waals surface area contributed by atoms with Gasteiger partial charge in [-0.05, 0) is 19.0 Å². The molecule has 3 aromatic rings. The highest BCUT2D eigenvalue weighted by molar-refractivity contribution is 5.91. The number of furan rings is 1. The molecule has 20 heavy (non-hydrogen) atoms. The second-order valence-corrected chi connectivity index (χ2v) is 4.74. The Morgan fingerprint density at radius 2 is 1.95 bits per heavy atom. The van der Waals surface area contributed by atoms with E-state index in [1.165, 1.54) is 0 Å². The molecule has 2 heterocycles. The summed E-state index contributed by atoms with van der Waals surface area (Å²) in [6.45, 7) is 3.96. The number of hydrogen-bond acceptors (Lipinski definition) is 4. The van der Waals surface area contributed by atoms with Crippen LogP contribution in [0, 0.1) is 0 Å². The number of aromatic nitrogens is 2. The number of nitrogens with one attached hydrogen (secondary N) is 1. The van der Waals surface area contributed by atoms with Crippen molar-refractivity contribution in [2.24, 2.45) is 0 Å². The lowest BCUT2D eigenvalue weighted by atomic mass is 10.1. The molecular formula is C16H17N3O. The van der Waals surface area contributed by atoms with Gasteiger partial charge < -0.3 is 9.73 Å². The van der Waals surface area contributed by atoms with Crippen LogP contribution in [0.1, 0.15) is 18.9 Å². The number of fused-ring (bicyclic) bond motifs is 1. The van der Waals surface area contributed by atoms with Crippen LogP contribution in [0.5, 0.6) is 0 Å². The monoisotopic (exact) mass is 267 g/mol. The van der Waals surface area contributed by atoms with E-state index < -0.39 is 0 Å². The van der Waals surface area contributed by atoms with E-state index in [0.717, 1.165) is 41.6 Å². The van der Waals surface area contributed by atoms with Crippen LogP contribution >= 0.6 is 0 Å². The zero-order valence-corrected chi connectivity index (χ0v) is 11.5. The maximum absolute atomic E-state index is 5.52. The summed E-state index contributed by atoms with van der Waals surface area (Å²) >= 11 is 0. The summed E-state index contributed by atoms with van der Waals surface area (Å²) in [5.41, 5.74) is 2.89.